The molecular formula is C22H20ClN3O2S2. The van der Waals surface area contributed by atoms with Gasteiger partial charge in [-0.3, -0.25) is 19.5 Å². The normalized spacial score (nSPS) is 13.3. The van der Waals surface area contributed by atoms with Gasteiger partial charge in [0.25, 0.3) is 5.91 Å². The highest BCUT2D eigenvalue weighted by Crippen LogP contribution is 2.40. The van der Waals surface area contributed by atoms with Gasteiger partial charge in [-0.2, -0.15) is 0 Å². The van der Waals surface area contributed by atoms with Crippen molar-refractivity contribution in [2.75, 3.05) is 17.2 Å². The Balaban J connectivity index is 1.57. The summed E-state index contributed by atoms with van der Waals surface area (Å²) in [6, 6.07) is 9.60. The smallest absolute Gasteiger partial charge is 0.253 e. The molecule has 0 radical (unpaired) electrons. The van der Waals surface area contributed by atoms with E-state index in [0.717, 1.165) is 26.0 Å². The highest BCUT2D eigenvalue weighted by molar-refractivity contribution is 8.00. The van der Waals surface area contributed by atoms with Crippen LogP contribution in [-0.2, 0) is 11.2 Å². The second-order valence-corrected chi connectivity index (χ2v) is 9.44. The van der Waals surface area contributed by atoms with Crippen LogP contribution in [0.5, 0.6) is 0 Å². The van der Waals surface area contributed by atoms with Crippen molar-refractivity contribution < 1.29 is 9.59 Å². The van der Waals surface area contributed by atoms with Crippen LogP contribution in [0.25, 0.3) is 0 Å². The zero-order chi connectivity index (χ0) is 21.3. The number of nitrogens with zero attached hydrogens (tertiary/aromatic N) is 2. The Morgan fingerprint density at radius 3 is 2.87 bits per heavy atom. The molecule has 1 aliphatic heterocycles. The third kappa shape index (κ3) is 4.24. The molecule has 1 aromatic carbocycles. The third-order valence-corrected chi connectivity index (χ3v) is 7.34. The van der Waals surface area contributed by atoms with Crippen LogP contribution in [0.15, 0.2) is 46.8 Å². The number of carbonyl (C=O) groups excluding carboxylic acids is 2. The number of thioether (sulfide) groups is 1. The number of amides is 2. The number of pyridine rings is 1. The summed E-state index contributed by atoms with van der Waals surface area (Å²) in [4.78, 5) is 33.6. The molecule has 154 valence electrons. The maximum atomic E-state index is 12.8. The molecule has 3 heterocycles. The Bertz CT molecular complexity index is 1130. The average Bonchev–Trinajstić information content (AvgIpc) is 3.13. The van der Waals surface area contributed by atoms with Crippen LogP contribution in [0.3, 0.4) is 0 Å². The topological polar surface area (TPSA) is 62.3 Å². The predicted octanol–water partition coefficient (Wildman–Crippen LogP) is 5.16. The molecule has 1 aliphatic rings. The van der Waals surface area contributed by atoms with Crippen LogP contribution in [0.2, 0.25) is 5.02 Å². The number of aromatic nitrogens is 1. The Kier molecular flexibility index (Phi) is 6.13. The molecule has 0 spiro atoms. The Hall–Kier alpha value is -2.35. The van der Waals surface area contributed by atoms with E-state index in [1.807, 2.05) is 30.5 Å². The molecule has 5 nitrogen and oxygen atoms in total. The molecule has 0 saturated heterocycles. The van der Waals surface area contributed by atoms with Crippen LogP contribution in [0.4, 0.5) is 11.4 Å². The van der Waals surface area contributed by atoms with Crippen molar-refractivity contribution in [1.29, 1.82) is 0 Å². The molecule has 0 fully saturated rings. The number of fused-ring (bicyclic) bond motifs is 1. The number of halogens is 1. The molecule has 3 aromatic rings. The standard InChI is InChI=1S/C22H20ClN3O2S2/c1-13-3-4-18-20(9-13)30-12-21(27)26(18)15-10-16(14(2)25-11-15)22(28)24-7-5-19-17(23)6-8-29-19/h3-4,6,8-11H,5,7,12H2,1-2H3,(H,24,28). The minimum atomic E-state index is -0.211. The number of rotatable bonds is 5. The van der Waals surface area contributed by atoms with Gasteiger partial charge in [0.2, 0.25) is 5.91 Å². The van der Waals surface area contributed by atoms with Crippen LogP contribution < -0.4 is 10.2 Å². The zero-order valence-corrected chi connectivity index (χ0v) is 19.0. The van der Waals surface area contributed by atoms with Crippen LogP contribution in [0.1, 0.15) is 26.5 Å². The first-order valence-electron chi connectivity index (χ1n) is 9.47. The van der Waals surface area contributed by atoms with Crippen molar-refractivity contribution in [2.24, 2.45) is 0 Å². The summed E-state index contributed by atoms with van der Waals surface area (Å²) in [5.41, 5.74) is 3.65. The second kappa shape index (κ2) is 8.79. The fourth-order valence-corrected chi connectivity index (χ4v) is 5.42. The van der Waals surface area contributed by atoms with Gasteiger partial charge < -0.3 is 5.32 Å². The summed E-state index contributed by atoms with van der Waals surface area (Å²) in [5, 5.41) is 5.60. The molecule has 1 N–H and O–H groups in total. The summed E-state index contributed by atoms with van der Waals surface area (Å²) in [5.74, 6) is 0.117. The van der Waals surface area contributed by atoms with Crippen molar-refractivity contribution >= 4 is 57.9 Å². The number of carbonyl (C=O) groups is 2. The first-order chi connectivity index (χ1) is 14.4. The second-order valence-electron chi connectivity index (χ2n) is 7.01. The molecule has 4 rings (SSSR count). The van der Waals surface area contributed by atoms with E-state index in [1.54, 1.807) is 35.4 Å². The van der Waals surface area contributed by atoms with Gasteiger partial charge >= 0.3 is 0 Å². The predicted molar refractivity (Wildman–Crippen MR) is 123 cm³/mol. The van der Waals surface area contributed by atoms with Crippen LogP contribution in [0, 0.1) is 13.8 Å². The lowest BCUT2D eigenvalue weighted by Gasteiger charge is -2.29. The molecular weight excluding hydrogens is 438 g/mol. The Labute approximate surface area is 188 Å². The van der Waals surface area contributed by atoms with Gasteiger partial charge in [-0.1, -0.05) is 17.7 Å². The summed E-state index contributed by atoms with van der Waals surface area (Å²) >= 11 is 9.22. The summed E-state index contributed by atoms with van der Waals surface area (Å²) in [6.07, 6.45) is 2.32. The summed E-state index contributed by atoms with van der Waals surface area (Å²) < 4.78 is 0. The largest absolute Gasteiger partial charge is 0.352 e. The van der Waals surface area contributed by atoms with Crippen molar-refractivity contribution in [3.05, 3.63) is 68.6 Å². The molecule has 0 bridgehead atoms. The lowest BCUT2D eigenvalue weighted by Crippen LogP contribution is -2.32. The van der Waals surface area contributed by atoms with Gasteiger partial charge in [0, 0.05) is 22.7 Å². The van der Waals surface area contributed by atoms with Crippen molar-refractivity contribution in [3.63, 3.8) is 0 Å². The Morgan fingerprint density at radius 2 is 2.10 bits per heavy atom. The van der Waals surface area contributed by atoms with E-state index in [9.17, 15) is 9.59 Å². The number of nitrogens with one attached hydrogen (secondary N) is 1. The highest BCUT2D eigenvalue weighted by atomic mass is 35.5. The van der Waals surface area contributed by atoms with Crippen molar-refractivity contribution in [3.8, 4) is 0 Å². The molecule has 30 heavy (non-hydrogen) atoms. The number of aryl methyl sites for hydroxylation is 2. The fraction of sp³-hybridized carbons (Fsp3) is 0.227. The molecule has 0 unspecified atom stereocenters. The zero-order valence-electron chi connectivity index (χ0n) is 16.6. The molecule has 8 heteroatoms. The number of hydrogen-bond donors (Lipinski definition) is 1. The van der Waals surface area contributed by atoms with Gasteiger partial charge in [0.05, 0.1) is 39.6 Å². The van der Waals surface area contributed by atoms with E-state index in [4.69, 9.17) is 11.6 Å². The molecule has 2 amide bonds. The number of anilines is 2. The fourth-order valence-electron chi connectivity index (χ4n) is 3.31. The van der Waals surface area contributed by atoms with Gasteiger partial charge in [0.1, 0.15) is 0 Å². The van der Waals surface area contributed by atoms with Crippen molar-refractivity contribution in [2.45, 2.75) is 25.2 Å². The van der Waals surface area contributed by atoms with E-state index < -0.39 is 0 Å². The number of thiophene rings is 1. The minimum Gasteiger partial charge on any atom is -0.352 e. The lowest BCUT2D eigenvalue weighted by atomic mass is 10.1. The van der Waals surface area contributed by atoms with Gasteiger partial charge in [0.15, 0.2) is 0 Å². The lowest BCUT2D eigenvalue weighted by molar-refractivity contribution is -0.115. The highest BCUT2D eigenvalue weighted by Gasteiger charge is 2.27. The summed E-state index contributed by atoms with van der Waals surface area (Å²) in [6.45, 7) is 4.30. The van der Waals surface area contributed by atoms with Crippen LogP contribution >= 0.6 is 34.7 Å². The van der Waals surface area contributed by atoms with Gasteiger partial charge in [-0.05, 0) is 49.1 Å². The molecule has 0 saturated carbocycles. The maximum absolute atomic E-state index is 12.8. The minimum absolute atomic E-state index is 0.0271. The number of hydrogen-bond acceptors (Lipinski definition) is 5. The van der Waals surface area contributed by atoms with E-state index in [-0.39, 0.29) is 11.8 Å². The van der Waals surface area contributed by atoms with E-state index in [2.05, 4.69) is 16.4 Å². The first kappa shape index (κ1) is 20.9. The quantitative estimate of drug-likeness (QED) is 0.575. The number of benzene rings is 1. The maximum Gasteiger partial charge on any atom is 0.253 e. The third-order valence-electron chi connectivity index (χ3n) is 4.86. The average molecular weight is 458 g/mol. The van der Waals surface area contributed by atoms with E-state index in [1.165, 1.54) is 11.8 Å². The molecule has 0 atom stereocenters. The summed E-state index contributed by atoms with van der Waals surface area (Å²) in [7, 11) is 0. The monoisotopic (exact) mass is 457 g/mol. The van der Waals surface area contributed by atoms with Crippen LogP contribution in [-0.4, -0.2) is 29.1 Å². The van der Waals surface area contributed by atoms with Crippen molar-refractivity contribution in [1.82, 2.24) is 10.3 Å². The van der Waals surface area contributed by atoms with Gasteiger partial charge in [-0.25, -0.2) is 0 Å². The van der Waals surface area contributed by atoms with E-state index in [0.29, 0.717) is 35.7 Å². The molecule has 0 aliphatic carbocycles. The van der Waals surface area contributed by atoms with Gasteiger partial charge in [-0.15, -0.1) is 23.1 Å². The SMILES string of the molecule is Cc1ccc2c(c1)SCC(=O)N2c1cnc(C)c(C(=O)NCCc2sccc2Cl)c1. The molecule has 2 aromatic heterocycles. The Morgan fingerprint density at radius 1 is 1.27 bits per heavy atom. The van der Waals surface area contributed by atoms with E-state index >= 15 is 0 Å². The first-order valence-corrected chi connectivity index (χ1v) is 11.7.